The van der Waals surface area contributed by atoms with E-state index in [0.717, 1.165) is 66.8 Å². The molecule has 246 valence electrons. The standard InChI is InChI=1S/C38H40N6O4/c1-5-43(35-22-16-32(17-23-35)40-41-33-18-24-36(25-19-33)44(46)47)26-8-6-7-9-27-48-38(45)37(39-2)28-29-10-12-30(13-11-29)31-14-20-34(21-15-31)42(3)4/h10-25,28H,5-9,26-27H2,1,3-4H3/b37-28-,41-40?. The summed E-state index contributed by atoms with van der Waals surface area (Å²) < 4.78 is 5.40. The summed E-state index contributed by atoms with van der Waals surface area (Å²) in [6.07, 6.45) is 5.21. The number of nitro groups is 1. The maximum Gasteiger partial charge on any atom is 0.336 e. The molecule has 0 aliphatic carbocycles. The van der Waals surface area contributed by atoms with Crippen LogP contribution in [0.2, 0.25) is 0 Å². The lowest BCUT2D eigenvalue weighted by Gasteiger charge is -2.23. The van der Waals surface area contributed by atoms with Gasteiger partial charge in [0.2, 0.25) is 0 Å². The van der Waals surface area contributed by atoms with Gasteiger partial charge in [-0.05, 0) is 97.5 Å². The first-order valence-corrected chi connectivity index (χ1v) is 15.9. The topological polar surface area (TPSA) is 105 Å². The summed E-state index contributed by atoms with van der Waals surface area (Å²) in [7, 11) is 4.01. The fourth-order valence-electron chi connectivity index (χ4n) is 4.97. The minimum absolute atomic E-state index is 0.0149. The lowest BCUT2D eigenvalue weighted by molar-refractivity contribution is -0.384. The number of unbranched alkanes of at least 4 members (excludes halogenated alkanes) is 3. The maximum absolute atomic E-state index is 12.5. The molecule has 4 aromatic rings. The summed E-state index contributed by atoms with van der Waals surface area (Å²) in [6.45, 7) is 11.6. The molecule has 4 aromatic carbocycles. The van der Waals surface area contributed by atoms with E-state index >= 15 is 0 Å². The van der Waals surface area contributed by atoms with Gasteiger partial charge in [-0.15, -0.1) is 0 Å². The third-order valence-corrected chi connectivity index (χ3v) is 7.75. The van der Waals surface area contributed by atoms with E-state index in [1.165, 1.54) is 12.1 Å². The number of ether oxygens (including phenoxy) is 1. The molecule has 0 bridgehead atoms. The molecular formula is C38H40N6O4. The Labute approximate surface area is 282 Å². The van der Waals surface area contributed by atoms with E-state index in [4.69, 9.17) is 11.3 Å². The molecule has 0 spiro atoms. The quantitative estimate of drug-likeness (QED) is 0.0229. The number of carbonyl (C=O) groups is 1. The smallest absolute Gasteiger partial charge is 0.336 e. The normalized spacial score (nSPS) is 11.2. The zero-order chi connectivity index (χ0) is 34.3. The second-order valence-electron chi connectivity index (χ2n) is 11.3. The van der Waals surface area contributed by atoms with E-state index in [0.29, 0.717) is 11.4 Å². The highest BCUT2D eigenvalue weighted by Crippen LogP contribution is 2.25. The number of nitro benzene ring substituents is 1. The van der Waals surface area contributed by atoms with Crippen molar-refractivity contribution < 1.29 is 14.5 Å². The Hall–Kier alpha value is -5.82. The van der Waals surface area contributed by atoms with Gasteiger partial charge in [-0.3, -0.25) is 14.9 Å². The molecule has 10 heteroatoms. The van der Waals surface area contributed by atoms with Crippen molar-refractivity contribution in [1.29, 1.82) is 0 Å². The van der Waals surface area contributed by atoms with Crippen molar-refractivity contribution in [3.8, 4) is 11.1 Å². The largest absolute Gasteiger partial charge is 0.471 e. The second kappa shape index (κ2) is 17.8. The van der Waals surface area contributed by atoms with E-state index in [9.17, 15) is 14.9 Å². The number of non-ortho nitro benzene ring substituents is 1. The third kappa shape index (κ3) is 10.4. The van der Waals surface area contributed by atoms with Crippen molar-refractivity contribution in [3.05, 3.63) is 130 Å². The first-order valence-electron chi connectivity index (χ1n) is 15.9. The maximum atomic E-state index is 12.5. The number of esters is 1. The molecule has 0 heterocycles. The van der Waals surface area contributed by atoms with Crippen molar-refractivity contribution in [2.45, 2.75) is 32.6 Å². The number of azo groups is 1. The lowest BCUT2D eigenvalue weighted by atomic mass is 10.0. The van der Waals surface area contributed by atoms with Gasteiger partial charge in [0.1, 0.15) is 0 Å². The van der Waals surface area contributed by atoms with Crippen molar-refractivity contribution in [1.82, 2.24) is 0 Å². The number of rotatable bonds is 16. The Morgan fingerprint density at radius 3 is 1.90 bits per heavy atom. The van der Waals surface area contributed by atoms with Crippen molar-refractivity contribution in [2.24, 2.45) is 10.2 Å². The van der Waals surface area contributed by atoms with Crippen molar-refractivity contribution in [2.75, 3.05) is 43.6 Å². The van der Waals surface area contributed by atoms with Crippen LogP contribution in [0, 0.1) is 16.7 Å². The Morgan fingerprint density at radius 2 is 1.35 bits per heavy atom. The van der Waals surface area contributed by atoms with Crippen LogP contribution in [-0.4, -0.2) is 44.7 Å². The summed E-state index contributed by atoms with van der Waals surface area (Å²) in [5.74, 6) is -0.596. The number of carbonyl (C=O) groups excluding carboxylic acids is 1. The average Bonchev–Trinajstić information content (AvgIpc) is 3.11. The summed E-state index contributed by atoms with van der Waals surface area (Å²) in [6, 6.07) is 29.8. The molecule has 0 saturated heterocycles. The highest BCUT2D eigenvalue weighted by atomic mass is 16.6. The van der Waals surface area contributed by atoms with E-state index in [2.05, 4.69) is 56.1 Å². The molecule has 0 atom stereocenters. The minimum atomic E-state index is -0.596. The Bertz CT molecular complexity index is 1740. The second-order valence-corrected chi connectivity index (χ2v) is 11.3. The van der Waals surface area contributed by atoms with Gasteiger partial charge < -0.3 is 14.5 Å². The molecular weight excluding hydrogens is 604 g/mol. The molecule has 0 saturated carbocycles. The van der Waals surface area contributed by atoms with Crippen LogP contribution in [0.1, 0.15) is 38.2 Å². The van der Waals surface area contributed by atoms with Crippen LogP contribution >= 0.6 is 0 Å². The Kier molecular flexibility index (Phi) is 13.0. The Morgan fingerprint density at radius 1 is 0.812 bits per heavy atom. The average molecular weight is 645 g/mol. The predicted molar refractivity (Wildman–Crippen MR) is 192 cm³/mol. The number of hydrogen-bond donors (Lipinski definition) is 0. The van der Waals surface area contributed by atoms with E-state index in [1.54, 1.807) is 18.2 Å². The SMILES string of the molecule is [C-]#[N+]/C(=C\c1ccc(-c2ccc(N(C)C)cc2)cc1)C(=O)OCCCCCCN(CC)c1ccc(N=Nc2ccc([N+](=O)[O-])cc2)cc1. The van der Waals surface area contributed by atoms with Crippen LogP contribution < -0.4 is 9.80 Å². The zero-order valence-corrected chi connectivity index (χ0v) is 27.6. The van der Waals surface area contributed by atoms with Gasteiger partial charge in [-0.1, -0.05) is 42.8 Å². The molecule has 48 heavy (non-hydrogen) atoms. The van der Waals surface area contributed by atoms with E-state index in [-0.39, 0.29) is 18.0 Å². The number of hydrogen-bond acceptors (Lipinski definition) is 8. The van der Waals surface area contributed by atoms with Gasteiger partial charge in [0.05, 0.1) is 29.5 Å². The van der Waals surface area contributed by atoms with Crippen LogP contribution in [0.15, 0.2) is 113 Å². The molecule has 0 aromatic heterocycles. The molecule has 0 N–H and O–H groups in total. The van der Waals surface area contributed by atoms with Gasteiger partial charge in [0, 0.05) is 50.7 Å². The van der Waals surface area contributed by atoms with Gasteiger partial charge in [-0.25, -0.2) is 4.85 Å². The molecule has 10 nitrogen and oxygen atoms in total. The molecule has 4 rings (SSSR count). The van der Waals surface area contributed by atoms with Gasteiger partial charge in [-0.2, -0.15) is 10.2 Å². The van der Waals surface area contributed by atoms with Gasteiger partial charge in [0.15, 0.2) is 0 Å². The summed E-state index contributed by atoms with van der Waals surface area (Å²) in [5, 5.41) is 19.2. The van der Waals surface area contributed by atoms with E-state index in [1.807, 2.05) is 62.6 Å². The fourth-order valence-corrected chi connectivity index (χ4v) is 4.97. The van der Waals surface area contributed by atoms with Crippen LogP contribution in [-0.2, 0) is 9.53 Å². The first-order chi connectivity index (χ1) is 23.3. The van der Waals surface area contributed by atoms with Crippen LogP contribution in [0.5, 0.6) is 0 Å². The van der Waals surface area contributed by atoms with Crippen molar-refractivity contribution in [3.63, 3.8) is 0 Å². The summed E-state index contributed by atoms with van der Waals surface area (Å²) in [5.41, 5.74) is 6.37. The molecule has 0 aliphatic rings. The van der Waals surface area contributed by atoms with Gasteiger partial charge >= 0.3 is 5.97 Å². The number of nitrogens with zero attached hydrogens (tertiary/aromatic N) is 6. The Balaban J connectivity index is 1.16. The first kappa shape index (κ1) is 35.0. The molecule has 0 unspecified atom stereocenters. The molecule has 0 aliphatic heterocycles. The number of anilines is 2. The predicted octanol–water partition coefficient (Wildman–Crippen LogP) is 9.63. The summed E-state index contributed by atoms with van der Waals surface area (Å²) in [4.78, 5) is 30.7. The molecule has 0 radical (unpaired) electrons. The summed E-state index contributed by atoms with van der Waals surface area (Å²) >= 11 is 0. The van der Waals surface area contributed by atoms with Crippen LogP contribution in [0.3, 0.4) is 0 Å². The van der Waals surface area contributed by atoms with Crippen molar-refractivity contribution >= 4 is 40.5 Å². The third-order valence-electron chi connectivity index (χ3n) is 7.75. The highest BCUT2D eigenvalue weighted by molar-refractivity contribution is 5.95. The van der Waals surface area contributed by atoms with E-state index < -0.39 is 10.9 Å². The highest BCUT2D eigenvalue weighted by Gasteiger charge is 2.12. The molecule has 0 fully saturated rings. The lowest BCUT2D eigenvalue weighted by Crippen LogP contribution is -2.23. The van der Waals surface area contributed by atoms with Crippen LogP contribution in [0.4, 0.5) is 28.4 Å². The molecule has 0 amide bonds. The fraction of sp³-hybridized carbons (Fsp3) is 0.263. The monoisotopic (exact) mass is 644 g/mol. The minimum Gasteiger partial charge on any atom is -0.471 e. The number of benzene rings is 4. The van der Waals surface area contributed by atoms with Gasteiger partial charge in [0.25, 0.3) is 11.4 Å². The van der Waals surface area contributed by atoms with Crippen LogP contribution in [0.25, 0.3) is 22.0 Å². The zero-order valence-electron chi connectivity index (χ0n) is 27.6.